The van der Waals surface area contributed by atoms with Crippen LogP contribution in [0.2, 0.25) is 0 Å². The molecule has 1 aromatic heterocycles. The van der Waals surface area contributed by atoms with Crippen molar-refractivity contribution in [3.05, 3.63) is 47.6 Å². The SMILES string of the molecule is O=C(Nc1ncccn1)NS(=O)(=O)c1cccc2c1OS(=O)(=O)C=C2. The molecule has 0 saturated heterocycles. The van der Waals surface area contributed by atoms with Gasteiger partial charge in [0.1, 0.15) is 4.90 Å². The molecule has 2 heterocycles. The Morgan fingerprint density at radius 2 is 1.84 bits per heavy atom. The zero-order valence-corrected chi connectivity index (χ0v) is 13.9. The van der Waals surface area contributed by atoms with Crippen LogP contribution in [0.3, 0.4) is 0 Å². The number of nitrogens with zero attached hydrogens (tertiary/aromatic N) is 2. The fourth-order valence-electron chi connectivity index (χ4n) is 1.93. The molecule has 0 fully saturated rings. The standard InChI is InChI=1S/C13H10N4O6S2/c18-13(16-12-14-6-2-7-15-12)17-25(21,22)10-4-1-3-9-5-8-24(19,20)23-11(9)10/h1-8H,(H2,14,15,16,17,18). The van der Waals surface area contributed by atoms with Crippen molar-refractivity contribution in [1.82, 2.24) is 14.7 Å². The van der Waals surface area contributed by atoms with E-state index in [-0.39, 0.29) is 17.3 Å². The molecule has 0 unspecified atom stereocenters. The minimum Gasteiger partial charge on any atom is -0.377 e. The summed E-state index contributed by atoms with van der Waals surface area (Å²) < 4.78 is 54.4. The first-order valence-electron chi connectivity index (χ1n) is 6.63. The van der Waals surface area contributed by atoms with E-state index in [0.717, 1.165) is 11.5 Å². The van der Waals surface area contributed by atoms with Gasteiger partial charge in [0.25, 0.3) is 10.0 Å². The Labute approximate surface area is 142 Å². The van der Waals surface area contributed by atoms with Crippen LogP contribution in [0.4, 0.5) is 10.7 Å². The lowest BCUT2D eigenvalue weighted by molar-refractivity contribution is 0.256. The highest BCUT2D eigenvalue weighted by Crippen LogP contribution is 2.33. The molecule has 3 rings (SSSR count). The van der Waals surface area contributed by atoms with E-state index in [4.69, 9.17) is 4.18 Å². The summed E-state index contributed by atoms with van der Waals surface area (Å²) in [5, 5.41) is 2.94. The molecular weight excluding hydrogens is 372 g/mol. The molecule has 0 radical (unpaired) electrons. The average molecular weight is 382 g/mol. The van der Waals surface area contributed by atoms with Crippen LogP contribution in [0.1, 0.15) is 5.56 Å². The minimum absolute atomic E-state index is 0.105. The first kappa shape index (κ1) is 16.9. The van der Waals surface area contributed by atoms with Crippen molar-refractivity contribution >= 4 is 38.2 Å². The molecule has 25 heavy (non-hydrogen) atoms. The van der Waals surface area contributed by atoms with E-state index in [1.54, 1.807) is 4.72 Å². The van der Waals surface area contributed by atoms with E-state index in [2.05, 4.69) is 15.3 Å². The van der Waals surface area contributed by atoms with Crippen LogP contribution in [-0.4, -0.2) is 32.8 Å². The van der Waals surface area contributed by atoms with E-state index in [9.17, 15) is 21.6 Å². The van der Waals surface area contributed by atoms with Gasteiger partial charge in [0.05, 0.1) is 5.41 Å². The average Bonchev–Trinajstić information content (AvgIpc) is 2.53. The summed E-state index contributed by atoms with van der Waals surface area (Å²) in [6.07, 6.45) is 3.91. The van der Waals surface area contributed by atoms with Crippen molar-refractivity contribution in [2.75, 3.05) is 5.32 Å². The molecule has 0 aliphatic carbocycles. The summed E-state index contributed by atoms with van der Waals surface area (Å²) >= 11 is 0. The van der Waals surface area contributed by atoms with Gasteiger partial charge in [-0.25, -0.2) is 27.9 Å². The van der Waals surface area contributed by atoms with Crippen LogP contribution >= 0.6 is 0 Å². The summed E-state index contributed by atoms with van der Waals surface area (Å²) in [6, 6.07) is 4.37. The molecule has 1 aliphatic heterocycles. The van der Waals surface area contributed by atoms with Gasteiger partial charge in [-0.2, -0.15) is 8.42 Å². The van der Waals surface area contributed by atoms with Gasteiger partial charge in [0.15, 0.2) is 5.75 Å². The fourth-order valence-corrected chi connectivity index (χ4v) is 3.84. The smallest absolute Gasteiger partial charge is 0.335 e. The Morgan fingerprint density at radius 3 is 2.56 bits per heavy atom. The molecule has 2 N–H and O–H groups in total. The molecule has 0 spiro atoms. The number of nitrogens with one attached hydrogen (secondary N) is 2. The third-order valence-electron chi connectivity index (χ3n) is 2.93. The molecule has 0 bridgehead atoms. The monoisotopic (exact) mass is 382 g/mol. The van der Waals surface area contributed by atoms with Gasteiger partial charge >= 0.3 is 16.1 Å². The van der Waals surface area contributed by atoms with Crippen molar-refractivity contribution in [3.63, 3.8) is 0 Å². The largest absolute Gasteiger partial charge is 0.377 e. The van der Waals surface area contributed by atoms with E-state index in [1.165, 1.54) is 36.7 Å². The third kappa shape index (κ3) is 3.75. The van der Waals surface area contributed by atoms with Gasteiger partial charge in [-0.05, 0) is 18.2 Å². The Bertz CT molecular complexity index is 1060. The van der Waals surface area contributed by atoms with Gasteiger partial charge in [-0.1, -0.05) is 12.1 Å². The van der Waals surface area contributed by atoms with Crippen LogP contribution in [0.5, 0.6) is 5.75 Å². The first-order valence-corrected chi connectivity index (χ1v) is 9.59. The van der Waals surface area contributed by atoms with Crippen molar-refractivity contribution in [1.29, 1.82) is 0 Å². The summed E-state index contributed by atoms with van der Waals surface area (Å²) in [5.74, 6) is -0.492. The molecule has 0 atom stereocenters. The maximum Gasteiger partial charge on any atom is 0.335 e. The van der Waals surface area contributed by atoms with Crippen molar-refractivity contribution in [2.24, 2.45) is 0 Å². The number of para-hydroxylation sites is 1. The van der Waals surface area contributed by atoms with Crippen molar-refractivity contribution < 1.29 is 25.8 Å². The number of carbonyl (C=O) groups is 1. The number of benzene rings is 1. The predicted octanol–water partition coefficient (Wildman–Crippen LogP) is 0.680. The number of carbonyl (C=O) groups excluding carboxylic acids is 1. The molecule has 2 aromatic rings. The zero-order valence-electron chi connectivity index (χ0n) is 12.3. The lowest BCUT2D eigenvalue weighted by atomic mass is 10.2. The number of sulfonamides is 1. The first-order chi connectivity index (χ1) is 11.8. The summed E-state index contributed by atoms with van der Waals surface area (Å²) in [6.45, 7) is 0. The normalized spacial score (nSPS) is 14.9. The topological polar surface area (TPSA) is 144 Å². The lowest BCUT2D eigenvalue weighted by Crippen LogP contribution is -2.35. The summed E-state index contributed by atoms with van der Waals surface area (Å²) in [4.78, 5) is 18.8. The second-order valence-corrected chi connectivity index (χ2v) is 7.76. The third-order valence-corrected chi connectivity index (χ3v) is 5.15. The fraction of sp³-hybridized carbons (Fsp3) is 0. The second-order valence-electron chi connectivity index (χ2n) is 4.69. The van der Waals surface area contributed by atoms with E-state index < -0.39 is 31.1 Å². The van der Waals surface area contributed by atoms with Crippen LogP contribution in [-0.2, 0) is 20.1 Å². The Kier molecular flexibility index (Phi) is 4.14. The quantitative estimate of drug-likeness (QED) is 0.737. The Balaban J connectivity index is 1.89. The molecule has 2 amide bonds. The highest BCUT2D eigenvalue weighted by Gasteiger charge is 2.28. The summed E-state index contributed by atoms with van der Waals surface area (Å²) in [7, 11) is -8.46. The van der Waals surface area contributed by atoms with E-state index >= 15 is 0 Å². The Hall–Kier alpha value is -2.99. The number of hydrogen-bond acceptors (Lipinski definition) is 8. The molecule has 1 aliphatic rings. The highest BCUT2D eigenvalue weighted by atomic mass is 32.2. The maximum absolute atomic E-state index is 12.4. The van der Waals surface area contributed by atoms with Gasteiger partial charge in [-0.3, -0.25) is 5.32 Å². The van der Waals surface area contributed by atoms with Crippen LogP contribution < -0.4 is 14.2 Å². The van der Waals surface area contributed by atoms with Gasteiger partial charge < -0.3 is 4.18 Å². The highest BCUT2D eigenvalue weighted by molar-refractivity contribution is 7.91. The maximum atomic E-state index is 12.4. The number of amides is 2. The summed E-state index contributed by atoms with van der Waals surface area (Å²) in [5.41, 5.74) is 0.240. The number of fused-ring (bicyclic) bond motifs is 1. The minimum atomic E-state index is -4.41. The van der Waals surface area contributed by atoms with Crippen molar-refractivity contribution in [3.8, 4) is 5.75 Å². The van der Waals surface area contributed by atoms with Gasteiger partial charge in [0.2, 0.25) is 5.95 Å². The Morgan fingerprint density at radius 1 is 1.12 bits per heavy atom. The number of aromatic nitrogens is 2. The van der Waals surface area contributed by atoms with Gasteiger partial charge in [-0.15, -0.1) is 0 Å². The second kappa shape index (κ2) is 6.14. The van der Waals surface area contributed by atoms with Crippen LogP contribution in [0, 0.1) is 0 Å². The molecule has 12 heteroatoms. The molecule has 10 nitrogen and oxygen atoms in total. The van der Waals surface area contributed by atoms with E-state index in [0.29, 0.717) is 0 Å². The lowest BCUT2D eigenvalue weighted by Gasteiger charge is -2.16. The van der Waals surface area contributed by atoms with Crippen LogP contribution in [0.15, 0.2) is 47.0 Å². The number of hydrogen-bond donors (Lipinski definition) is 2. The van der Waals surface area contributed by atoms with Gasteiger partial charge in [0, 0.05) is 18.0 Å². The number of rotatable bonds is 3. The molecule has 0 saturated carbocycles. The molecule has 130 valence electrons. The zero-order chi connectivity index (χ0) is 18.1. The van der Waals surface area contributed by atoms with Crippen molar-refractivity contribution in [2.45, 2.75) is 4.90 Å². The molecule has 1 aromatic carbocycles. The van der Waals surface area contributed by atoms with E-state index in [1.807, 2.05) is 0 Å². The number of anilines is 1. The van der Waals surface area contributed by atoms with Crippen LogP contribution in [0.25, 0.3) is 6.08 Å². The predicted molar refractivity (Wildman–Crippen MR) is 86.4 cm³/mol. The number of urea groups is 1. The molecular formula is C13H10N4O6S2.